The van der Waals surface area contributed by atoms with Crippen LogP contribution in [0.1, 0.15) is 102 Å². The molecule has 3 N–H and O–H groups in total. The van der Waals surface area contributed by atoms with E-state index in [1.54, 1.807) is 27.9 Å². The quantitative estimate of drug-likeness (QED) is 0.297. The van der Waals surface area contributed by atoms with Gasteiger partial charge in [-0.25, -0.2) is 14.3 Å². The number of esters is 1. The number of cyclic esters (lactones) is 1. The zero-order valence-corrected chi connectivity index (χ0v) is 38.1. The van der Waals surface area contributed by atoms with E-state index in [4.69, 9.17) is 37.9 Å². The predicted molar refractivity (Wildman–Crippen MR) is 217 cm³/mol. The van der Waals surface area contributed by atoms with E-state index in [1.165, 1.54) is 37.3 Å². The normalized spacial score (nSPS) is 45.7. The van der Waals surface area contributed by atoms with Gasteiger partial charge < -0.3 is 58.1 Å². The molecule has 4 heterocycles. The predicted octanol–water partition coefficient (Wildman–Crippen LogP) is 4.40. The Kier molecular flexibility index (Phi) is 16.6. The Balaban J connectivity index is 1.82. The zero-order chi connectivity index (χ0) is 44.4. The molecule has 17 unspecified atom stereocenters. The lowest BCUT2D eigenvalue weighted by molar-refractivity contribution is -0.319. The van der Waals surface area contributed by atoms with Crippen molar-refractivity contribution in [3.63, 3.8) is 0 Å². The van der Waals surface area contributed by atoms with Crippen molar-refractivity contribution in [2.45, 2.75) is 186 Å². The summed E-state index contributed by atoms with van der Waals surface area (Å²) < 4.78 is 52.4. The van der Waals surface area contributed by atoms with Crippen LogP contribution in [0, 0.1) is 29.6 Å². The van der Waals surface area contributed by atoms with E-state index in [1.807, 2.05) is 60.5 Å². The van der Waals surface area contributed by atoms with Crippen LogP contribution in [0.2, 0.25) is 0 Å². The van der Waals surface area contributed by atoms with Gasteiger partial charge in [0.15, 0.2) is 18.7 Å². The minimum absolute atomic E-state index is 0.0846. The summed E-state index contributed by atoms with van der Waals surface area (Å²) in [6.45, 7) is 20.4. The fourth-order valence-electron chi connectivity index (χ4n) is 9.67. The number of carbonyl (C=O) groups is 2. The number of hydrogen-bond donors (Lipinski definition) is 3. The number of aromatic nitrogens is 2. The second-order valence-electron chi connectivity index (χ2n) is 18.6. The Labute approximate surface area is 351 Å². The first-order chi connectivity index (χ1) is 27.5. The van der Waals surface area contributed by atoms with Crippen LogP contribution in [0.3, 0.4) is 0 Å². The number of nitrogens with zero attached hydrogens (tertiary/aromatic N) is 3. The first kappa shape index (κ1) is 49.4. The number of aliphatic hydroxyl groups excluding tert-OH is 2. The van der Waals surface area contributed by atoms with Gasteiger partial charge in [-0.05, 0) is 92.7 Å². The molecule has 3 aliphatic heterocycles. The summed E-state index contributed by atoms with van der Waals surface area (Å²) in [6.07, 6.45) is -3.97. The molecule has 0 amide bonds. The largest absolute Gasteiger partial charge is 0.459 e. The molecule has 16 nitrogen and oxygen atoms in total. The molecule has 0 spiro atoms. The molecule has 19 atom stereocenters. The van der Waals surface area contributed by atoms with E-state index < -0.39 is 102 Å². The summed E-state index contributed by atoms with van der Waals surface area (Å²) in [5.74, 6) is -2.95. The number of carbonyl (C=O) groups excluding carboxylic acids is 2. The highest BCUT2D eigenvalue weighted by Crippen LogP contribution is 2.43. The van der Waals surface area contributed by atoms with E-state index in [0.717, 1.165) is 0 Å². The van der Waals surface area contributed by atoms with Crippen molar-refractivity contribution >= 4 is 12.1 Å². The maximum Gasteiger partial charge on any atom is 0.419 e. The van der Waals surface area contributed by atoms with Gasteiger partial charge in [0.05, 0.1) is 42.0 Å². The molecule has 3 saturated heterocycles. The highest BCUT2D eigenvalue weighted by Gasteiger charge is 2.54. The number of rotatable bonds is 9. The zero-order valence-electron chi connectivity index (χ0n) is 38.1. The summed E-state index contributed by atoms with van der Waals surface area (Å²) in [6, 6.07) is -0.257. The van der Waals surface area contributed by atoms with Crippen LogP contribution < -0.4 is 0 Å². The summed E-state index contributed by atoms with van der Waals surface area (Å²) in [4.78, 5) is 33.4. The Bertz CT molecular complexity index is 1500. The van der Waals surface area contributed by atoms with Gasteiger partial charge in [-0.3, -0.25) is 4.79 Å². The average Bonchev–Trinajstić information content (AvgIpc) is 3.74. The maximum atomic E-state index is 14.4. The smallest absolute Gasteiger partial charge is 0.419 e. The van der Waals surface area contributed by atoms with E-state index >= 15 is 0 Å². The van der Waals surface area contributed by atoms with Gasteiger partial charge in [-0.15, -0.1) is 0 Å². The molecule has 0 aromatic carbocycles. The molecule has 1 aromatic heterocycles. The molecule has 340 valence electrons. The molecular weight excluding hydrogens is 766 g/mol. The summed E-state index contributed by atoms with van der Waals surface area (Å²) in [5, 5.41) is 35.4. The maximum absolute atomic E-state index is 14.4. The topological polar surface area (TPSA) is 190 Å². The number of aliphatic hydroxyl groups is 3. The van der Waals surface area contributed by atoms with Crippen molar-refractivity contribution in [2.75, 3.05) is 28.3 Å². The van der Waals surface area contributed by atoms with E-state index in [-0.39, 0.29) is 36.8 Å². The molecule has 59 heavy (non-hydrogen) atoms. The van der Waals surface area contributed by atoms with Crippen molar-refractivity contribution in [1.29, 1.82) is 0 Å². The first-order valence-corrected chi connectivity index (χ1v) is 21.3. The number of likely N-dealkylation sites (N-methyl/N-ethyl adjacent to an activating group) is 1. The lowest BCUT2D eigenvalue weighted by atomic mass is 9.70. The van der Waals surface area contributed by atoms with Gasteiger partial charge in [-0.2, -0.15) is 0 Å². The molecule has 0 aliphatic carbocycles. The number of imidazole rings is 1. The molecule has 0 radical (unpaired) electrons. The molecule has 16 heteroatoms. The van der Waals surface area contributed by atoms with E-state index in [9.17, 15) is 24.9 Å². The molecular formula is C43H75N3O13. The number of ether oxygens (including phenoxy) is 8. The van der Waals surface area contributed by atoms with Crippen LogP contribution in [0.5, 0.6) is 0 Å². The average molecular weight is 842 g/mol. The standard InChI is InChI=1S/C43H75N3O13/c1-16-31-43(11,51)35(48)26(5)25(4)23(2)20-41(9,52-14)36(58-39-33(47)30(45(12)13)19-24(3)54-39)27(6)34(28(7)38(49)56-31)57-32-21-42(10,53-15)37(29(8)55-32)59-40(50)46-18-17-44-22-46/h17-18,22-37,39,47-48,51H,16,19-21H2,1-15H3/t23?,24?,25-,26?,27?,28?,29?,30?,31+,32?,33?,34?,35?,36?,37?,39?,41?,42?,43?/m0/s1. The van der Waals surface area contributed by atoms with Gasteiger partial charge in [-0.1, -0.05) is 34.6 Å². The van der Waals surface area contributed by atoms with Gasteiger partial charge in [0.2, 0.25) is 0 Å². The molecule has 4 rings (SSSR count). The van der Waals surface area contributed by atoms with Crippen LogP contribution in [-0.2, 0) is 42.7 Å². The van der Waals surface area contributed by atoms with E-state index in [0.29, 0.717) is 12.8 Å². The lowest BCUT2D eigenvalue weighted by Gasteiger charge is -2.50. The second-order valence-corrected chi connectivity index (χ2v) is 18.6. The van der Waals surface area contributed by atoms with Gasteiger partial charge in [0, 0.05) is 45.0 Å². The highest BCUT2D eigenvalue weighted by atomic mass is 16.7. The second kappa shape index (κ2) is 19.9. The summed E-state index contributed by atoms with van der Waals surface area (Å²) >= 11 is 0. The molecule has 1 aromatic rings. The van der Waals surface area contributed by atoms with Crippen molar-refractivity contribution in [3.05, 3.63) is 18.7 Å². The van der Waals surface area contributed by atoms with Crippen molar-refractivity contribution < 1.29 is 62.8 Å². The molecule has 3 aliphatic rings. The third-order valence-electron chi connectivity index (χ3n) is 14.0. The van der Waals surface area contributed by atoms with Gasteiger partial charge in [0.1, 0.15) is 29.7 Å². The SMILES string of the molecule is CC[C@H]1OC(=O)C(C)C(OC2CC(C)(OC)C(OC(=O)n3ccnc3)C(C)O2)C(C)C(OC2OC(C)CC(N(C)C)C2O)C(C)(OC)CC(C)[C@H](C)C(C)C(O)C1(C)O. The van der Waals surface area contributed by atoms with Crippen molar-refractivity contribution in [2.24, 2.45) is 29.6 Å². The third-order valence-corrected chi connectivity index (χ3v) is 14.0. The van der Waals surface area contributed by atoms with Crippen molar-refractivity contribution in [1.82, 2.24) is 14.5 Å². The van der Waals surface area contributed by atoms with Crippen LogP contribution in [0.4, 0.5) is 4.79 Å². The van der Waals surface area contributed by atoms with Gasteiger partial charge >= 0.3 is 12.1 Å². The lowest BCUT2D eigenvalue weighted by Crippen LogP contribution is -2.61. The number of hydrogen-bond acceptors (Lipinski definition) is 15. The van der Waals surface area contributed by atoms with Crippen LogP contribution in [0.15, 0.2) is 18.7 Å². The third kappa shape index (κ3) is 10.7. The highest BCUT2D eigenvalue weighted by molar-refractivity contribution is 5.73. The van der Waals surface area contributed by atoms with E-state index in [2.05, 4.69) is 11.9 Å². The molecule has 3 fully saturated rings. The van der Waals surface area contributed by atoms with Crippen LogP contribution in [-0.4, -0.2) is 154 Å². The van der Waals surface area contributed by atoms with Crippen molar-refractivity contribution in [3.8, 4) is 0 Å². The summed E-state index contributed by atoms with van der Waals surface area (Å²) in [5.41, 5.74) is -3.95. The first-order valence-electron chi connectivity index (χ1n) is 21.3. The molecule has 0 bridgehead atoms. The Morgan fingerprint density at radius 1 is 0.932 bits per heavy atom. The molecule has 0 saturated carbocycles. The fraction of sp³-hybridized carbons (Fsp3) is 0.884. The Hall–Kier alpha value is -2.25. The fourth-order valence-corrected chi connectivity index (χ4v) is 9.67. The van der Waals surface area contributed by atoms with Gasteiger partial charge in [0.25, 0.3) is 0 Å². The van der Waals surface area contributed by atoms with Crippen LogP contribution in [0.25, 0.3) is 0 Å². The van der Waals surface area contributed by atoms with Crippen LogP contribution >= 0.6 is 0 Å². The Morgan fingerprint density at radius 2 is 1.56 bits per heavy atom. The monoisotopic (exact) mass is 842 g/mol. The Morgan fingerprint density at radius 3 is 2.12 bits per heavy atom. The minimum atomic E-state index is -1.78. The summed E-state index contributed by atoms with van der Waals surface area (Å²) in [7, 11) is 6.95. The number of methoxy groups -OCH3 is 2. The minimum Gasteiger partial charge on any atom is -0.459 e.